The van der Waals surface area contributed by atoms with E-state index in [1.807, 2.05) is 34.6 Å². The van der Waals surface area contributed by atoms with Crippen LogP contribution in [0.25, 0.3) is 34.2 Å². The second-order valence-corrected chi connectivity index (χ2v) is 10.9. The molecule has 10 heteroatoms. The molecule has 2 aliphatic heterocycles. The molecular weight excluding hydrogens is 483 g/mol. The molecule has 1 fully saturated rings. The topological polar surface area (TPSA) is 78.8 Å². The van der Waals surface area contributed by atoms with E-state index >= 15 is 4.39 Å². The quantitative estimate of drug-likeness (QED) is 0.364. The Labute approximate surface area is 222 Å². The lowest BCUT2D eigenvalue weighted by Crippen LogP contribution is -2.41. The van der Waals surface area contributed by atoms with Crippen molar-refractivity contribution in [1.29, 1.82) is 0 Å². The van der Waals surface area contributed by atoms with E-state index in [-0.39, 0.29) is 17.9 Å². The smallest absolute Gasteiger partial charge is 0.178 e. The molecule has 2 aliphatic rings. The Bertz CT molecular complexity index is 1470. The van der Waals surface area contributed by atoms with Crippen LogP contribution >= 0.6 is 0 Å². The van der Waals surface area contributed by atoms with Crippen molar-refractivity contribution in [3.63, 3.8) is 0 Å². The molecule has 0 saturated carbocycles. The number of piperidine rings is 1. The van der Waals surface area contributed by atoms with E-state index in [4.69, 9.17) is 9.72 Å². The Morgan fingerprint density at radius 3 is 2.66 bits per heavy atom. The Morgan fingerprint density at radius 2 is 1.87 bits per heavy atom. The SMILES string of the molecule is Cc1nc(-c2cn3c(n2)-c2cc(-c4ccnn4C4CCCN(C(C)C)C4)c(F)cc2OCC3)n(C(C)C)n1. The fraction of sp³-hybridized carbons (Fsp3) is 0.500. The first-order chi connectivity index (χ1) is 18.3. The molecule has 6 rings (SSSR count). The summed E-state index contributed by atoms with van der Waals surface area (Å²) in [6, 6.07) is 6.08. The van der Waals surface area contributed by atoms with Gasteiger partial charge in [-0.3, -0.25) is 9.58 Å². The lowest BCUT2D eigenvalue weighted by molar-refractivity contribution is 0.138. The molecule has 0 amide bonds. The third-order valence-corrected chi connectivity index (χ3v) is 7.58. The molecule has 0 aliphatic carbocycles. The van der Waals surface area contributed by atoms with Crippen LogP contribution < -0.4 is 4.74 Å². The van der Waals surface area contributed by atoms with E-state index in [2.05, 4.69) is 52.3 Å². The van der Waals surface area contributed by atoms with Gasteiger partial charge in [-0.05, 0) is 66.1 Å². The predicted octanol–water partition coefficient (Wildman–Crippen LogP) is 5.14. The van der Waals surface area contributed by atoms with Gasteiger partial charge >= 0.3 is 0 Å². The summed E-state index contributed by atoms with van der Waals surface area (Å²) in [7, 11) is 0. The lowest BCUT2D eigenvalue weighted by Gasteiger charge is -2.36. The van der Waals surface area contributed by atoms with Crippen LogP contribution in [0.4, 0.5) is 4.39 Å². The third kappa shape index (κ3) is 4.30. The summed E-state index contributed by atoms with van der Waals surface area (Å²) < 4.78 is 27.6. The van der Waals surface area contributed by atoms with Gasteiger partial charge in [0.05, 0.1) is 23.8 Å². The summed E-state index contributed by atoms with van der Waals surface area (Å²) in [5.41, 5.74) is 2.79. The number of aromatic nitrogens is 7. The van der Waals surface area contributed by atoms with Crippen molar-refractivity contribution >= 4 is 0 Å². The van der Waals surface area contributed by atoms with Gasteiger partial charge < -0.3 is 9.30 Å². The maximum Gasteiger partial charge on any atom is 0.178 e. The second-order valence-electron chi connectivity index (χ2n) is 10.9. The minimum absolute atomic E-state index is 0.149. The first-order valence-electron chi connectivity index (χ1n) is 13.6. The van der Waals surface area contributed by atoms with E-state index in [0.29, 0.717) is 36.3 Å². The molecule has 0 spiro atoms. The van der Waals surface area contributed by atoms with E-state index in [0.717, 1.165) is 54.5 Å². The Morgan fingerprint density at radius 1 is 1.03 bits per heavy atom. The number of imidazole rings is 1. The number of benzene rings is 1. The van der Waals surface area contributed by atoms with E-state index < -0.39 is 0 Å². The van der Waals surface area contributed by atoms with Gasteiger partial charge in [-0.2, -0.15) is 10.2 Å². The standard InChI is InChI=1S/C28H35FN8O/c1-17(2)34-10-6-7-20(15-34)37-25(8-9-30-37)21-13-22-26(14-23(21)29)38-12-11-35-16-24(32-27(22)35)28-31-19(5)33-36(28)18(3)4/h8-9,13-14,16-18,20H,6-7,10-12,15H2,1-5H3. The average Bonchev–Trinajstić information content (AvgIpc) is 3.61. The summed E-state index contributed by atoms with van der Waals surface area (Å²) in [6.45, 7) is 13.5. The zero-order valence-corrected chi connectivity index (χ0v) is 22.7. The van der Waals surface area contributed by atoms with Crippen molar-refractivity contribution in [3.05, 3.63) is 42.2 Å². The van der Waals surface area contributed by atoms with Crippen LogP contribution in [-0.2, 0) is 6.54 Å². The highest BCUT2D eigenvalue weighted by molar-refractivity contribution is 5.75. The fourth-order valence-corrected chi connectivity index (χ4v) is 5.64. The molecule has 5 heterocycles. The van der Waals surface area contributed by atoms with Gasteiger partial charge in [-0.15, -0.1) is 0 Å². The number of fused-ring (bicyclic) bond motifs is 3. The second kappa shape index (κ2) is 9.65. The summed E-state index contributed by atoms with van der Waals surface area (Å²) in [5.74, 6) is 2.35. The van der Waals surface area contributed by atoms with Crippen molar-refractivity contribution in [3.8, 4) is 39.9 Å². The number of likely N-dealkylation sites (tertiary alicyclic amines) is 1. The average molecular weight is 519 g/mol. The molecule has 0 radical (unpaired) electrons. The zero-order chi connectivity index (χ0) is 26.6. The normalized spacial score (nSPS) is 17.9. The van der Waals surface area contributed by atoms with Crippen molar-refractivity contribution in [1.82, 2.24) is 39.0 Å². The summed E-state index contributed by atoms with van der Waals surface area (Å²) in [6.07, 6.45) is 5.89. The van der Waals surface area contributed by atoms with Gasteiger partial charge in [0.2, 0.25) is 0 Å². The number of hydrogen-bond acceptors (Lipinski definition) is 6. The maximum absolute atomic E-state index is 15.6. The van der Waals surface area contributed by atoms with Crippen molar-refractivity contribution in [2.75, 3.05) is 19.7 Å². The molecule has 9 nitrogen and oxygen atoms in total. The van der Waals surface area contributed by atoms with Crippen LogP contribution in [0.1, 0.15) is 58.4 Å². The zero-order valence-electron chi connectivity index (χ0n) is 22.7. The summed E-state index contributed by atoms with van der Waals surface area (Å²) in [5, 5.41) is 9.21. The summed E-state index contributed by atoms with van der Waals surface area (Å²) in [4.78, 5) is 12.1. The molecular formula is C28H35FN8O. The minimum atomic E-state index is -0.322. The van der Waals surface area contributed by atoms with E-state index in [1.54, 1.807) is 6.20 Å². The number of ether oxygens (including phenoxy) is 1. The van der Waals surface area contributed by atoms with E-state index in [9.17, 15) is 0 Å². The van der Waals surface area contributed by atoms with Crippen molar-refractivity contribution in [2.24, 2.45) is 0 Å². The van der Waals surface area contributed by atoms with Crippen LogP contribution in [0.3, 0.4) is 0 Å². The maximum atomic E-state index is 15.6. The molecule has 1 aromatic carbocycles. The molecule has 38 heavy (non-hydrogen) atoms. The highest BCUT2D eigenvalue weighted by Gasteiger charge is 2.28. The molecule has 1 unspecified atom stereocenters. The molecule has 1 saturated heterocycles. The van der Waals surface area contributed by atoms with Gasteiger partial charge in [-0.25, -0.2) is 19.0 Å². The Kier molecular flexibility index (Phi) is 6.29. The number of hydrogen-bond donors (Lipinski definition) is 0. The Balaban J connectivity index is 1.43. The monoisotopic (exact) mass is 518 g/mol. The molecule has 200 valence electrons. The predicted molar refractivity (Wildman–Crippen MR) is 143 cm³/mol. The molecule has 4 aromatic rings. The number of nitrogens with zero attached hydrogens (tertiary/aromatic N) is 8. The highest BCUT2D eigenvalue weighted by Crippen LogP contribution is 2.39. The van der Waals surface area contributed by atoms with Crippen molar-refractivity contribution < 1.29 is 9.13 Å². The van der Waals surface area contributed by atoms with Crippen LogP contribution in [0, 0.1) is 12.7 Å². The Hall–Kier alpha value is -3.53. The van der Waals surface area contributed by atoms with Crippen LogP contribution in [0.15, 0.2) is 30.6 Å². The van der Waals surface area contributed by atoms with Crippen LogP contribution in [0.2, 0.25) is 0 Å². The first-order valence-corrected chi connectivity index (χ1v) is 13.6. The first kappa shape index (κ1) is 24.8. The van der Waals surface area contributed by atoms with Gasteiger partial charge in [0, 0.05) is 42.7 Å². The number of halogens is 1. The number of rotatable bonds is 5. The fourth-order valence-electron chi connectivity index (χ4n) is 5.64. The highest BCUT2D eigenvalue weighted by atomic mass is 19.1. The van der Waals surface area contributed by atoms with Gasteiger partial charge in [0.15, 0.2) is 5.82 Å². The van der Waals surface area contributed by atoms with E-state index in [1.165, 1.54) is 6.07 Å². The summed E-state index contributed by atoms with van der Waals surface area (Å²) >= 11 is 0. The van der Waals surface area contributed by atoms with Crippen molar-refractivity contribution in [2.45, 2.75) is 72.1 Å². The molecule has 0 N–H and O–H groups in total. The van der Waals surface area contributed by atoms with Crippen LogP contribution in [0.5, 0.6) is 5.75 Å². The van der Waals surface area contributed by atoms with Gasteiger partial charge in [0.25, 0.3) is 0 Å². The lowest BCUT2D eigenvalue weighted by atomic mass is 10.0. The molecule has 3 aromatic heterocycles. The largest absolute Gasteiger partial charge is 0.491 e. The van der Waals surface area contributed by atoms with Gasteiger partial charge in [-0.1, -0.05) is 0 Å². The minimum Gasteiger partial charge on any atom is -0.491 e. The molecule has 0 bridgehead atoms. The third-order valence-electron chi connectivity index (χ3n) is 7.58. The van der Waals surface area contributed by atoms with Crippen LogP contribution in [-0.4, -0.2) is 64.7 Å². The number of aryl methyl sites for hydroxylation is 1. The van der Waals surface area contributed by atoms with Gasteiger partial charge in [0.1, 0.15) is 35.5 Å². The molecule has 1 atom stereocenters.